The Hall–Kier alpha value is -3.00. The van der Waals surface area contributed by atoms with Crippen LogP contribution in [-0.4, -0.2) is 46.4 Å². The number of nitrogens with zero attached hydrogens (tertiary/aromatic N) is 4. The topological polar surface area (TPSA) is 75.6 Å². The van der Waals surface area contributed by atoms with Crippen molar-refractivity contribution in [1.82, 2.24) is 14.9 Å². The molecule has 0 bridgehead atoms. The summed E-state index contributed by atoms with van der Waals surface area (Å²) in [5.74, 6) is 2.02. The summed E-state index contributed by atoms with van der Waals surface area (Å²) in [6.07, 6.45) is 9.48. The predicted molar refractivity (Wildman–Crippen MR) is 135 cm³/mol. The molecule has 1 saturated heterocycles. The van der Waals surface area contributed by atoms with Crippen LogP contribution in [-0.2, 0) is 16.1 Å². The van der Waals surface area contributed by atoms with Gasteiger partial charge in [0, 0.05) is 37.3 Å². The lowest BCUT2D eigenvalue weighted by Gasteiger charge is -2.33. The molecule has 1 aliphatic heterocycles. The Balaban J connectivity index is 1.22. The van der Waals surface area contributed by atoms with Gasteiger partial charge in [0.2, 0.25) is 11.8 Å². The maximum atomic E-state index is 13.8. The first kappa shape index (κ1) is 22.5. The summed E-state index contributed by atoms with van der Waals surface area (Å²) in [5.41, 5.74) is 1.84. The largest absolute Gasteiger partial charge is 0.493 e. The number of pyridine rings is 1. The van der Waals surface area contributed by atoms with Gasteiger partial charge in [0.05, 0.1) is 23.4 Å². The third kappa shape index (κ3) is 5.17. The number of fused-ring (bicyclic) bond motifs is 1. The first-order valence-corrected chi connectivity index (χ1v) is 13.5. The molecule has 6 rings (SSSR count). The van der Waals surface area contributed by atoms with Crippen LogP contribution >= 0.6 is 11.3 Å². The molecule has 2 amide bonds. The molecule has 2 aromatic heterocycles. The fourth-order valence-corrected chi connectivity index (χ4v) is 5.67. The van der Waals surface area contributed by atoms with Gasteiger partial charge >= 0.3 is 0 Å². The Morgan fingerprint density at radius 3 is 2.60 bits per heavy atom. The lowest BCUT2D eigenvalue weighted by molar-refractivity contribution is -0.136. The highest BCUT2D eigenvalue weighted by Gasteiger charge is 2.37. The summed E-state index contributed by atoms with van der Waals surface area (Å²) in [6.45, 7) is 2.52. The maximum Gasteiger partial charge on any atom is 0.232 e. The number of thiazole rings is 1. The molecule has 0 N–H and O–H groups in total. The number of carbonyl (C=O) groups excluding carboxylic acids is 2. The molecule has 3 aromatic rings. The average Bonchev–Trinajstić information content (AvgIpc) is 3.83. The number of aromatic nitrogens is 2. The maximum absolute atomic E-state index is 13.8. The van der Waals surface area contributed by atoms with E-state index in [-0.39, 0.29) is 23.7 Å². The predicted octanol–water partition coefficient (Wildman–Crippen LogP) is 4.66. The molecule has 7 nitrogen and oxygen atoms in total. The van der Waals surface area contributed by atoms with Gasteiger partial charge in [-0.3, -0.25) is 19.5 Å². The normalized spacial score (nSPS) is 18.6. The minimum Gasteiger partial charge on any atom is -0.493 e. The lowest BCUT2D eigenvalue weighted by atomic mass is 9.95. The van der Waals surface area contributed by atoms with E-state index in [0.717, 1.165) is 41.0 Å². The summed E-state index contributed by atoms with van der Waals surface area (Å²) in [7, 11) is 0. The summed E-state index contributed by atoms with van der Waals surface area (Å²) >= 11 is 1.53. The molecule has 3 aliphatic rings. The minimum absolute atomic E-state index is 0.0802. The highest BCUT2D eigenvalue weighted by Crippen LogP contribution is 2.36. The van der Waals surface area contributed by atoms with Crippen molar-refractivity contribution in [3.8, 4) is 5.75 Å². The molecule has 0 spiro atoms. The third-order valence-corrected chi connectivity index (χ3v) is 8.22. The van der Waals surface area contributed by atoms with Crippen molar-refractivity contribution in [2.24, 2.45) is 17.8 Å². The van der Waals surface area contributed by atoms with Crippen LogP contribution in [0.1, 0.15) is 44.1 Å². The van der Waals surface area contributed by atoms with Crippen molar-refractivity contribution < 1.29 is 14.3 Å². The molecule has 182 valence electrons. The number of amides is 2. The van der Waals surface area contributed by atoms with Crippen LogP contribution in [0.15, 0.2) is 42.7 Å². The van der Waals surface area contributed by atoms with Gasteiger partial charge < -0.3 is 9.64 Å². The molecule has 2 saturated carbocycles. The molecule has 0 radical (unpaired) electrons. The fourth-order valence-electron chi connectivity index (χ4n) is 4.67. The van der Waals surface area contributed by atoms with Crippen LogP contribution < -0.4 is 9.64 Å². The Labute approximate surface area is 209 Å². The Kier molecular flexibility index (Phi) is 6.14. The molecule has 0 unspecified atom stereocenters. The van der Waals surface area contributed by atoms with E-state index in [0.29, 0.717) is 43.5 Å². The molecule has 3 fully saturated rings. The molecule has 0 atom stereocenters. The highest BCUT2D eigenvalue weighted by molar-refractivity contribution is 7.22. The van der Waals surface area contributed by atoms with Crippen molar-refractivity contribution in [2.75, 3.05) is 24.6 Å². The number of hydrogen-bond donors (Lipinski definition) is 0. The minimum atomic E-state index is -0.112. The number of carbonyl (C=O) groups is 2. The van der Waals surface area contributed by atoms with Crippen LogP contribution in [0.5, 0.6) is 5.75 Å². The van der Waals surface area contributed by atoms with E-state index in [1.54, 1.807) is 12.4 Å². The van der Waals surface area contributed by atoms with Gasteiger partial charge in [-0.05, 0) is 74.3 Å². The quantitative estimate of drug-likeness (QED) is 0.459. The number of likely N-dealkylation sites (tertiary alicyclic amines) is 1. The number of ether oxygens (including phenoxy) is 1. The molecular formula is C27H30N4O3S. The summed E-state index contributed by atoms with van der Waals surface area (Å²) < 4.78 is 6.97. The number of rotatable bonds is 8. The Bertz CT molecular complexity index is 1210. The molecule has 2 aliphatic carbocycles. The molecule has 3 heterocycles. The van der Waals surface area contributed by atoms with Crippen LogP contribution in [0.2, 0.25) is 0 Å². The van der Waals surface area contributed by atoms with Gasteiger partial charge in [-0.25, -0.2) is 4.98 Å². The van der Waals surface area contributed by atoms with Crippen LogP contribution in [0.3, 0.4) is 0 Å². The zero-order valence-electron chi connectivity index (χ0n) is 19.8. The average molecular weight is 491 g/mol. The van der Waals surface area contributed by atoms with Gasteiger partial charge in [-0.1, -0.05) is 17.4 Å². The second kappa shape index (κ2) is 9.57. The SMILES string of the molecule is O=C(C1CC1)N1CCC(C(=O)N(Cc2cccnc2)c2nc3ccc(OCC4CC4)cc3s2)CC1. The second-order valence-corrected chi connectivity index (χ2v) is 11.0. The second-order valence-electron chi connectivity index (χ2n) is 10.0. The highest BCUT2D eigenvalue weighted by atomic mass is 32.1. The third-order valence-electron chi connectivity index (χ3n) is 7.17. The van der Waals surface area contributed by atoms with Crippen LogP contribution in [0.4, 0.5) is 5.13 Å². The summed E-state index contributed by atoms with van der Waals surface area (Å²) in [6, 6.07) is 9.86. The Morgan fingerprint density at radius 1 is 1.06 bits per heavy atom. The van der Waals surface area contributed by atoms with Gasteiger partial charge in [-0.15, -0.1) is 0 Å². The van der Waals surface area contributed by atoms with Gasteiger partial charge in [0.15, 0.2) is 5.13 Å². The van der Waals surface area contributed by atoms with E-state index in [1.807, 2.05) is 40.1 Å². The Morgan fingerprint density at radius 2 is 1.89 bits per heavy atom. The standard InChI is InChI=1S/C27H30N4O3S/c32-25(20-5-6-20)30-12-9-21(10-13-30)26(33)31(16-19-2-1-11-28-15-19)27-29-23-8-7-22(14-24(23)35-27)34-17-18-3-4-18/h1-2,7-8,11,14-15,18,20-21H,3-6,9-10,12-13,16-17H2. The fraction of sp³-hybridized carbons (Fsp3) is 0.481. The number of hydrogen-bond acceptors (Lipinski definition) is 6. The lowest BCUT2D eigenvalue weighted by Crippen LogP contribution is -2.44. The van der Waals surface area contributed by atoms with E-state index >= 15 is 0 Å². The van der Waals surface area contributed by atoms with Crippen molar-refractivity contribution in [2.45, 2.75) is 45.1 Å². The van der Waals surface area contributed by atoms with E-state index in [9.17, 15) is 9.59 Å². The zero-order chi connectivity index (χ0) is 23.8. The van der Waals surface area contributed by atoms with Crippen molar-refractivity contribution >= 4 is 38.5 Å². The van der Waals surface area contributed by atoms with E-state index in [1.165, 1.54) is 24.2 Å². The summed E-state index contributed by atoms with van der Waals surface area (Å²) in [4.78, 5) is 39.1. The van der Waals surface area contributed by atoms with Gasteiger partial charge in [0.1, 0.15) is 5.75 Å². The number of piperidine rings is 1. The molecular weight excluding hydrogens is 460 g/mol. The number of benzene rings is 1. The van der Waals surface area contributed by atoms with E-state index in [2.05, 4.69) is 4.98 Å². The van der Waals surface area contributed by atoms with Gasteiger partial charge in [-0.2, -0.15) is 0 Å². The van der Waals surface area contributed by atoms with Crippen LogP contribution in [0, 0.1) is 17.8 Å². The molecule has 8 heteroatoms. The van der Waals surface area contributed by atoms with E-state index in [4.69, 9.17) is 9.72 Å². The van der Waals surface area contributed by atoms with Gasteiger partial charge in [0.25, 0.3) is 0 Å². The van der Waals surface area contributed by atoms with Crippen molar-refractivity contribution in [1.29, 1.82) is 0 Å². The zero-order valence-corrected chi connectivity index (χ0v) is 20.6. The smallest absolute Gasteiger partial charge is 0.232 e. The van der Waals surface area contributed by atoms with Crippen molar-refractivity contribution in [3.63, 3.8) is 0 Å². The van der Waals surface area contributed by atoms with Crippen molar-refractivity contribution in [3.05, 3.63) is 48.3 Å². The monoisotopic (exact) mass is 490 g/mol. The first-order chi connectivity index (χ1) is 17.1. The first-order valence-electron chi connectivity index (χ1n) is 12.7. The van der Waals surface area contributed by atoms with E-state index < -0.39 is 0 Å². The number of anilines is 1. The summed E-state index contributed by atoms with van der Waals surface area (Å²) in [5, 5.41) is 0.699. The van der Waals surface area contributed by atoms with Crippen LogP contribution in [0.25, 0.3) is 10.2 Å². The molecule has 35 heavy (non-hydrogen) atoms. The molecule has 1 aromatic carbocycles.